The van der Waals surface area contributed by atoms with Gasteiger partial charge in [0.25, 0.3) is 0 Å². The molecule has 2 N–H and O–H groups in total. The van der Waals surface area contributed by atoms with Crippen molar-refractivity contribution < 1.29 is 9.53 Å². The van der Waals surface area contributed by atoms with Crippen LogP contribution in [0.4, 0.5) is 5.82 Å². The van der Waals surface area contributed by atoms with Crippen LogP contribution in [0.5, 0.6) is 0 Å². The minimum absolute atomic E-state index is 0.156. The van der Waals surface area contributed by atoms with Crippen LogP contribution in [-0.4, -0.2) is 27.1 Å². The van der Waals surface area contributed by atoms with Crippen molar-refractivity contribution in [3.63, 3.8) is 0 Å². The molecule has 0 amide bonds. The highest BCUT2D eigenvalue weighted by atomic mass is 32.1. The van der Waals surface area contributed by atoms with Crippen molar-refractivity contribution in [3.8, 4) is 0 Å². The second-order valence-corrected chi connectivity index (χ2v) is 4.75. The van der Waals surface area contributed by atoms with E-state index in [9.17, 15) is 4.79 Å². The topological polar surface area (TPSA) is 83.0 Å². The summed E-state index contributed by atoms with van der Waals surface area (Å²) in [5.41, 5.74) is 6.92. The van der Waals surface area contributed by atoms with E-state index in [4.69, 9.17) is 10.5 Å². The molecule has 0 saturated carbocycles. The summed E-state index contributed by atoms with van der Waals surface area (Å²) in [6, 6.07) is 0. The van der Waals surface area contributed by atoms with Crippen LogP contribution >= 0.6 is 11.3 Å². The third kappa shape index (κ3) is 2.51. The van der Waals surface area contributed by atoms with Crippen LogP contribution in [-0.2, 0) is 11.3 Å². The van der Waals surface area contributed by atoms with Gasteiger partial charge in [-0.3, -0.25) is 0 Å². The molecule has 18 heavy (non-hydrogen) atoms. The number of ether oxygens (including phenoxy) is 1. The molecule has 0 aromatic carbocycles. The molecule has 0 fully saturated rings. The Kier molecular flexibility index (Phi) is 3.61. The molecule has 0 saturated heterocycles. The summed E-state index contributed by atoms with van der Waals surface area (Å²) in [7, 11) is 0. The Labute approximate surface area is 108 Å². The molecule has 0 bridgehead atoms. The van der Waals surface area contributed by atoms with E-state index >= 15 is 0 Å². The lowest BCUT2D eigenvalue weighted by Gasteiger charge is -2.03. The third-order valence-electron chi connectivity index (χ3n) is 2.35. The van der Waals surface area contributed by atoms with Crippen molar-refractivity contribution in [3.05, 3.63) is 28.1 Å². The lowest BCUT2D eigenvalue weighted by molar-refractivity contribution is 0.0521. The van der Waals surface area contributed by atoms with Crippen LogP contribution in [0.1, 0.15) is 28.1 Å². The largest absolute Gasteiger partial charge is 0.461 e. The van der Waals surface area contributed by atoms with Crippen molar-refractivity contribution in [2.75, 3.05) is 12.3 Å². The van der Waals surface area contributed by atoms with Gasteiger partial charge in [-0.15, -0.1) is 11.3 Å². The highest BCUT2D eigenvalue weighted by Crippen LogP contribution is 2.15. The molecule has 0 radical (unpaired) electrons. The highest BCUT2D eigenvalue weighted by Gasteiger charge is 2.17. The second kappa shape index (κ2) is 5.18. The highest BCUT2D eigenvalue weighted by molar-refractivity contribution is 7.09. The number of carbonyl (C=O) groups is 1. The fourth-order valence-electron chi connectivity index (χ4n) is 1.53. The maximum absolute atomic E-state index is 11.5. The molecule has 7 heteroatoms. The molecule has 0 aliphatic rings. The SMILES string of the molecule is CCOC(=O)c1ncn(Cc2csc(C)n2)c1N. The van der Waals surface area contributed by atoms with Gasteiger partial charge >= 0.3 is 5.97 Å². The fourth-order valence-corrected chi connectivity index (χ4v) is 2.13. The molecule has 0 aliphatic carbocycles. The predicted octanol–water partition coefficient (Wildman–Crippen LogP) is 1.46. The van der Waals surface area contributed by atoms with E-state index in [0.717, 1.165) is 10.7 Å². The van der Waals surface area contributed by atoms with E-state index in [0.29, 0.717) is 19.0 Å². The first-order valence-corrected chi connectivity index (χ1v) is 6.38. The predicted molar refractivity (Wildman–Crippen MR) is 68.5 cm³/mol. The molecule has 6 nitrogen and oxygen atoms in total. The van der Waals surface area contributed by atoms with Crippen molar-refractivity contribution >= 4 is 23.1 Å². The van der Waals surface area contributed by atoms with Gasteiger partial charge in [-0.2, -0.15) is 0 Å². The second-order valence-electron chi connectivity index (χ2n) is 3.68. The van der Waals surface area contributed by atoms with Gasteiger partial charge in [0.05, 0.1) is 30.2 Å². The Hall–Kier alpha value is -1.89. The smallest absolute Gasteiger partial charge is 0.360 e. The Morgan fingerprint density at radius 3 is 3.00 bits per heavy atom. The lowest BCUT2D eigenvalue weighted by atomic mass is 10.4. The Bertz CT molecular complexity index is 561. The lowest BCUT2D eigenvalue weighted by Crippen LogP contribution is -2.10. The van der Waals surface area contributed by atoms with E-state index in [-0.39, 0.29) is 5.69 Å². The van der Waals surface area contributed by atoms with Crippen LogP contribution in [0.3, 0.4) is 0 Å². The molecular formula is C11H14N4O2S. The number of carbonyl (C=O) groups excluding carboxylic acids is 1. The quantitative estimate of drug-likeness (QED) is 0.847. The first-order chi connectivity index (χ1) is 8.61. The minimum atomic E-state index is -0.497. The minimum Gasteiger partial charge on any atom is -0.461 e. The van der Waals surface area contributed by atoms with Crippen molar-refractivity contribution in [1.82, 2.24) is 14.5 Å². The van der Waals surface area contributed by atoms with Crippen LogP contribution in [0, 0.1) is 6.92 Å². The molecule has 2 aromatic heterocycles. The average molecular weight is 266 g/mol. The number of anilines is 1. The normalized spacial score (nSPS) is 10.6. The van der Waals surface area contributed by atoms with Gasteiger partial charge in [0.2, 0.25) is 0 Å². The van der Waals surface area contributed by atoms with Crippen molar-refractivity contribution in [2.24, 2.45) is 0 Å². The number of nitrogens with two attached hydrogens (primary N) is 1. The molecular weight excluding hydrogens is 252 g/mol. The molecule has 0 aliphatic heterocycles. The Morgan fingerprint density at radius 1 is 1.61 bits per heavy atom. The van der Waals surface area contributed by atoms with Gasteiger partial charge in [-0.1, -0.05) is 0 Å². The van der Waals surface area contributed by atoms with Crippen molar-refractivity contribution in [2.45, 2.75) is 20.4 Å². The number of thiazole rings is 1. The Morgan fingerprint density at radius 2 is 2.39 bits per heavy atom. The van der Waals surface area contributed by atoms with Gasteiger partial charge in [-0.25, -0.2) is 14.8 Å². The molecule has 0 unspecified atom stereocenters. The number of hydrogen-bond acceptors (Lipinski definition) is 6. The third-order valence-corrected chi connectivity index (χ3v) is 3.17. The van der Waals surface area contributed by atoms with E-state index in [2.05, 4.69) is 9.97 Å². The molecule has 2 rings (SSSR count). The number of aromatic nitrogens is 3. The number of rotatable bonds is 4. The van der Waals surface area contributed by atoms with Gasteiger partial charge in [0, 0.05) is 5.38 Å². The molecule has 0 atom stereocenters. The fraction of sp³-hybridized carbons (Fsp3) is 0.364. The van der Waals surface area contributed by atoms with Gasteiger partial charge in [0.15, 0.2) is 5.69 Å². The summed E-state index contributed by atoms with van der Waals surface area (Å²) < 4.78 is 6.55. The van der Waals surface area contributed by atoms with Crippen molar-refractivity contribution in [1.29, 1.82) is 0 Å². The van der Waals surface area contributed by atoms with E-state index in [1.54, 1.807) is 22.8 Å². The van der Waals surface area contributed by atoms with Gasteiger partial charge in [0.1, 0.15) is 5.82 Å². The summed E-state index contributed by atoms with van der Waals surface area (Å²) in [4.78, 5) is 19.9. The zero-order chi connectivity index (χ0) is 13.1. The zero-order valence-corrected chi connectivity index (χ0v) is 11.0. The van der Waals surface area contributed by atoms with Crippen LogP contribution < -0.4 is 5.73 Å². The first kappa shape index (κ1) is 12.6. The summed E-state index contributed by atoms with van der Waals surface area (Å²) in [5, 5.41) is 2.95. The number of nitrogen functional groups attached to an aromatic ring is 1. The number of hydrogen-bond donors (Lipinski definition) is 1. The average Bonchev–Trinajstić information content (AvgIpc) is 2.88. The monoisotopic (exact) mass is 266 g/mol. The molecule has 96 valence electrons. The van der Waals surface area contributed by atoms with E-state index in [1.165, 1.54) is 6.33 Å². The van der Waals surface area contributed by atoms with Gasteiger partial charge in [-0.05, 0) is 13.8 Å². The summed E-state index contributed by atoms with van der Waals surface area (Å²) in [6.45, 7) is 4.48. The first-order valence-electron chi connectivity index (χ1n) is 5.50. The number of aryl methyl sites for hydroxylation is 1. The maximum atomic E-state index is 11.5. The number of imidazole rings is 1. The molecule has 0 spiro atoms. The number of nitrogens with zero attached hydrogens (tertiary/aromatic N) is 3. The van der Waals surface area contributed by atoms with Gasteiger partial charge < -0.3 is 15.0 Å². The molecule has 2 aromatic rings. The summed E-state index contributed by atoms with van der Waals surface area (Å²) in [5.74, 6) is -0.192. The van der Waals surface area contributed by atoms with E-state index < -0.39 is 5.97 Å². The Balaban J connectivity index is 2.18. The molecule has 2 heterocycles. The van der Waals surface area contributed by atoms with E-state index in [1.807, 2.05) is 12.3 Å². The standard InChI is InChI=1S/C11H14N4O2S/c1-3-17-11(16)9-10(12)15(6-13-9)4-8-5-18-7(2)14-8/h5-6H,3-4,12H2,1-2H3. The van der Waals surface area contributed by atoms with Crippen LogP contribution in [0.25, 0.3) is 0 Å². The van der Waals surface area contributed by atoms with Crippen LogP contribution in [0.15, 0.2) is 11.7 Å². The van der Waals surface area contributed by atoms with Crippen LogP contribution in [0.2, 0.25) is 0 Å². The maximum Gasteiger partial charge on any atom is 0.360 e. The number of esters is 1. The zero-order valence-electron chi connectivity index (χ0n) is 10.2. The summed E-state index contributed by atoms with van der Waals surface area (Å²) >= 11 is 1.57. The summed E-state index contributed by atoms with van der Waals surface area (Å²) in [6.07, 6.45) is 1.52.